The fraction of sp³-hybridized carbons (Fsp3) is 0.471. The van der Waals surface area contributed by atoms with Gasteiger partial charge >= 0.3 is 5.97 Å². The van der Waals surface area contributed by atoms with E-state index in [1.165, 1.54) is 7.11 Å². The van der Waals surface area contributed by atoms with Gasteiger partial charge in [-0.3, -0.25) is 14.4 Å². The molecule has 26 heavy (non-hydrogen) atoms. The maximum Gasteiger partial charge on any atom is 0.325 e. The second kappa shape index (κ2) is 8.70. The number of aliphatic hydroxyl groups is 1. The van der Waals surface area contributed by atoms with Gasteiger partial charge in [-0.2, -0.15) is 0 Å². The lowest BCUT2D eigenvalue weighted by atomic mass is 9.83. The van der Waals surface area contributed by atoms with E-state index >= 15 is 0 Å². The quantitative estimate of drug-likeness (QED) is 0.656. The summed E-state index contributed by atoms with van der Waals surface area (Å²) >= 11 is 0. The topological polar surface area (TPSA) is 105 Å². The second-order valence-electron chi connectivity index (χ2n) is 6.08. The minimum Gasteiger partial charge on any atom is -0.468 e. The van der Waals surface area contributed by atoms with Crippen LogP contribution in [0.15, 0.2) is 18.2 Å². The van der Waals surface area contributed by atoms with Crippen molar-refractivity contribution in [1.82, 2.24) is 10.6 Å². The van der Waals surface area contributed by atoms with Gasteiger partial charge in [0.05, 0.1) is 24.8 Å². The molecule has 3 atom stereocenters. The Hall–Kier alpha value is -2.55. The Bertz CT molecular complexity index is 698. The molecule has 1 aliphatic rings. The lowest BCUT2D eigenvalue weighted by molar-refractivity contribution is -0.141. The van der Waals surface area contributed by atoms with Gasteiger partial charge in [0.1, 0.15) is 18.2 Å². The van der Waals surface area contributed by atoms with Crippen molar-refractivity contribution in [2.24, 2.45) is 5.92 Å². The standard InChI is InChI=1S/C17H20F2N2O5/c1-26-15(23)8-20-16(24)9-2-5-14(22)13(6-9)21-17(25)11-7-10(18)3-4-12(11)19/h3-4,7,9,13-14,22H,2,5-6,8H2,1H3,(H,20,24)(H,21,25)/t9-,13+,14+/m0/s1. The maximum atomic E-state index is 13.7. The Morgan fingerprint density at radius 2 is 2.00 bits per heavy atom. The third-order valence-corrected chi connectivity index (χ3v) is 4.31. The first kappa shape index (κ1) is 19.8. The molecule has 2 rings (SSSR count). The number of rotatable bonds is 5. The zero-order chi connectivity index (χ0) is 19.3. The predicted octanol–water partition coefficient (Wildman–Crippen LogP) is 0.513. The van der Waals surface area contributed by atoms with Crippen LogP contribution in [0, 0.1) is 17.6 Å². The van der Waals surface area contributed by atoms with Crippen LogP contribution < -0.4 is 10.6 Å². The Morgan fingerprint density at radius 1 is 1.27 bits per heavy atom. The maximum absolute atomic E-state index is 13.7. The molecule has 0 heterocycles. The second-order valence-corrected chi connectivity index (χ2v) is 6.08. The lowest BCUT2D eigenvalue weighted by Crippen LogP contribution is -2.50. The van der Waals surface area contributed by atoms with Crippen LogP contribution in [0.3, 0.4) is 0 Å². The van der Waals surface area contributed by atoms with E-state index in [0.29, 0.717) is 6.42 Å². The minimum absolute atomic E-state index is 0.108. The van der Waals surface area contributed by atoms with Crippen molar-refractivity contribution in [3.63, 3.8) is 0 Å². The summed E-state index contributed by atoms with van der Waals surface area (Å²) in [5.41, 5.74) is -0.477. The van der Waals surface area contributed by atoms with Crippen LogP contribution in [0.5, 0.6) is 0 Å². The number of hydrogen-bond acceptors (Lipinski definition) is 5. The highest BCUT2D eigenvalue weighted by atomic mass is 19.1. The molecular weight excluding hydrogens is 350 g/mol. The number of benzene rings is 1. The summed E-state index contributed by atoms with van der Waals surface area (Å²) in [7, 11) is 1.20. The zero-order valence-corrected chi connectivity index (χ0v) is 14.1. The smallest absolute Gasteiger partial charge is 0.325 e. The molecule has 1 aromatic carbocycles. The molecule has 1 aromatic rings. The number of aliphatic hydroxyl groups excluding tert-OH is 1. The van der Waals surface area contributed by atoms with E-state index in [2.05, 4.69) is 15.4 Å². The number of esters is 1. The van der Waals surface area contributed by atoms with Crippen molar-refractivity contribution >= 4 is 17.8 Å². The van der Waals surface area contributed by atoms with Crippen LogP contribution in [0.2, 0.25) is 0 Å². The summed E-state index contributed by atoms with van der Waals surface area (Å²) in [5.74, 6) is -4.06. The van der Waals surface area contributed by atoms with E-state index in [0.717, 1.165) is 18.2 Å². The van der Waals surface area contributed by atoms with E-state index in [4.69, 9.17) is 0 Å². The van der Waals surface area contributed by atoms with Crippen LogP contribution >= 0.6 is 0 Å². The average Bonchev–Trinajstić information content (AvgIpc) is 2.62. The van der Waals surface area contributed by atoms with Crippen LogP contribution in [-0.2, 0) is 14.3 Å². The molecule has 3 N–H and O–H groups in total. The Kier molecular flexibility index (Phi) is 6.62. The highest BCUT2D eigenvalue weighted by molar-refractivity contribution is 5.94. The van der Waals surface area contributed by atoms with Gasteiger partial charge in [-0.25, -0.2) is 8.78 Å². The fourth-order valence-electron chi connectivity index (χ4n) is 2.84. The first-order valence-corrected chi connectivity index (χ1v) is 8.10. The van der Waals surface area contributed by atoms with Gasteiger partial charge in [-0.05, 0) is 37.5 Å². The molecule has 2 amide bonds. The van der Waals surface area contributed by atoms with Gasteiger partial charge in [-0.15, -0.1) is 0 Å². The van der Waals surface area contributed by atoms with Gasteiger partial charge in [0.15, 0.2) is 0 Å². The van der Waals surface area contributed by atoms with Gasteiger partial charge in [0, 0.05) is 5.92 Å². The fourth-order valence-corrected chi connectivity index (χ4v) is 2.84. The first-order valence-electron chi connectivity index (χ1n) is 8.10. The summed E-state index contributed by atoms with van der Waals surface area (Å²) < 4.78 is 31.3. The third kappa shape index (κ3) is 4.98. The molecule has 0 saturated heterocycles. The molecule has 0 unspecified atom stereocenters. The van der Waals surface area contributed by atoms with Crippen LogP contribution in [0.4, 0.5) is 8.78 Å². The molecule has 7 nitrogen and oxygen atoms in total. The molecule has 0 spiro atoms. The number of hydrogen-bond donors (Lipinski definition) is 3. The SMILES string of the molecule is COC(=O)CNC(=O)[C@H]1CC[C@@H](O)[C@H](NC(=O)c2cc(F)ccc2F)C1. The Balaban J connectivity index is 1.99. The van der Waals surface area contributed by atoms with E-state index in [1.807, 2.05) is 0 Å². The van der Waals surface area contributed by atoms with Crippen molar-refractivity contribution in [1.29, 1.82) is 0 Å². The number of methoxy groups -OCH3 is 1. The van der Waals surface area contributed by atoms with Crippen molar-refractivity contribution in [3.8, 4) is 0 Å². The molecule has 1 aliphatic carbocycles. The van der Waals surface area contributed by atoms with Gasteiger partial charge in [-0.1, -0.05) is 0 Å². The number of carbonyl (C=O) groups excluding carboxylic acids is 3. The van der Waals surface area contributed by atoms with Gasteiger partial charge in [0.2, 0.25) is 5.91 Å². The van der Waals surface area contributed by atoms with Crippen LogP contribution in [-0.4, -0.2) is 48.7 Å². The van der Waals surface area contributed by atoms with Crippen molar-refractivity contribution in [2.75, 3.05) is 13.7 Å². The van der Waals surface area contributed by atoms with E-state index in [1.54, 1.807) is 0 Å². The highest BCUT2D eigenvalue weighted by Crippen LogP contribution is 2.25. The molecule has 142 valence electrons. The molecule has 0 aliphatic heterocycles. The first-order chi connectivity index (χ1) is 12.3. The lowest BCUT2D eigenvalue weighted by Gasteiger charge is -2.33. The van der Waals surface area contributed by atoms with Gasteiger partial charge in [0.25, 0.3) is 5.91 Å². The number of ether oxygens (including phenoxy) is 1. The molecule has 0 radical (unpaired) electrons. The van der Waals surface area contributed by atoms with Crippen molar-refractivity contribution in [2.45, 2.75) is 31.4 Å². The monoisotopic (exact) mass is 370 g/mol. The third-order valence-electron chi connectivity index (χ3n) is 4.31. The summed E-state index contributed by atoms with van der Waals surface area (Å²) in [6.45, 7) is -0.278. The summed E-state index contributed by atoms with van der Waals surface area (Å²) in [5, 5.41) is 14.9. The van der Waals surface area contributed by atoms with E-state index < -0.39 is 53.0 Å². The zero-order valence-electron chi connectivity index (χ0n) is 14.1. The Morgan fingerprint density at radius 3 is 2.69 bits per heavy atom. The molecule has 9 heteroatoms. The van der Waals surface area contributed by atoms with Crippen LogP contribution in [0.25, 0.3) is 0 Å². The number of nitrogens with one attached hydrogen (secondary N) is 2. The summed E-state index contributed by atoms with van der Waals surface area (Å²) in [6.07, 6.45) is -0.196. The van der Waals surface area contributed by atoms with Crippen molar-refractivity contribution in [3.05, 3.63) is 35.4 Å². The van der Waals surface area contributed by atoms with E-state index in [-0.39, 0.29) is 19.4 Å². The molecule has 0 bridgehead atoms. The number of amides is 2. The number of halogens is 2. The molecular formula is C17H20F2N2O5. The van der Waals surface area contributed by atoms with Crippen molar-refractivity contribution < 1.29 is 33.0 Å². The summed E-state index contributed by atoms with van der Waals surface area (Å²) in [4.78, 5) is 35.4. The number of carbonyl (C=O) groups is 3. The van der Waals surface area contributed by atoms with Crippen LogP contribution in [0.1, 0.15) is 29.6 Å². The minimum atomic E-state index is -0.916. The normalized spacial score (nSPS) is 22.4. The average molecular weight is 370 g/mol. The summed E-state index contributed by atoms with van der Waals surface area (Å²) in [6, 6.07) is 1.70. The largest absolute Gasteiger partial charge is 0.468 e. The van der Waals surface area contributed by atoms with Gasteiger partial charge < -0.3 is 20.5 Å². The highest BCUT2D eigenvalue weighted by Gasteiger charge is 2.34. The Labute approximate surface area is 148 Å². The molecule has 1 fully saturated rings. The molecule has 0 aromatic heterocycles. The predicted molar refractivity (Wildman–Crippen MR) is 86.0 cm³/mol. The van der Waals surface area contributed by atoms with E-state index in [9.17, 15) is 28.3 Å². The molecule has 1 saturated carbocycles.